The number of carbonyl (C=O) groups is 1. The van der Waals surface area contributed by atoms with E-state index in [0.717, 1.165) is 51.7 Å². The fourth-order valence-corrected chi connectivity index (χ4v) is 1.71. The van der Waals surface area contributed by atoms with Crippen LogP contribution in [0.3, 0.4) is 0 Å². The van der Waals surface area contributed by atoms with Crippen molar-refractivity contribution in [2.45, 2.75) is 44.6 Å². The van der Waals surface area contributed by atoms with Gasteiger partial charge in [0.1, 0.15) is 0 Å². The molecule has 1 amide bonds. The van der Waals surface area contributed by atoms with Crippen LogP contribution in [0.25, 0.3) is 0 Å². The first-order chi connectivity index (χ1) is 9.22. The Morgan fingerprint density at radius 3 is 2.21 bits per heavy atom. The molecule has 0 unspecified atom stereocenters. The zero-order valence-corrected chi connectivity index (χ0v) is 12.0. The average Bonchev–Trinajstić information content (AvgIpc) is 2.41. The molecule has 6 nitrogen and oxygen atoms in total. The number of hydrogen-bond donors (Lipinski definition) is 5. The monoisotopic (exact) mass is 273 g/mol. The molecule has 0 aliphatic carbocycles. The lowest BCUT2D eigenvalue weighted by Crippen LogP contribution is -2.41. The van der Waals surface area contributed by atoms with Gasteiger partial charge in [-0.2, -0.15) is 0 Å². The molecule has 0 aromatic carbocycles. The van der Waals surface area contributed by atoms with Gasteiger partial charge in [0.25, 0.3) is 0 Å². The van der Waals surface area contributed by atoms with E-state index in [-0.39, 0.29) is 5.91 Å². The van der Waals surface area contributed by atoms with Gasteiger partial charge in [0, 0.05) is 6.54 Å². The summed E-state index contributed by atoms with van der Waals surface area (Å²) >= 11 is 0. The Balaban J connectivity index is 3.32. The molecule has 6 heteroatoms. The van der Waals surface area contributed by atoms with Crippen LogP contribution in [0.1, 0.15) is 38.5 Å². The number of nitrogens with two attached hydrogens (primary N) is 3. The summed E-state index contributed by atoms with van der Waals surface area (Å²) in [5.74, 6) is -0.0480. The van der Waals surface area contributed by atoms with Gasteiger partial charge in [-0.15, -0.1) is 0 Å². The molecule has 19 heavy (non-hydrogen) atoms. The molecule has 0 saturated carbocycles. The molecule has 0 aromatic rings. The summed E-state index contributed by atoms with van der Waals surface area (Å²) in [4.78, 5) is 11.6. The lowest BCUT2D eigenvalue weighted by atomic mass is 10.1. The van der Waals surface area contributed by atoms with E-state index in [1.165, 1.54) is 0 Å². The first kappa shape index (κ1) is 18.3. The molecule has 8 N–H and O–H groups in total. The Hall–Kier alpha value is -0.690. The Labute approximate surface area is 116 Å². The molecule has 0 bridgehead atoms. The van der Waals surface area contributed by atoms with Crippen LogP contribution in [0.4, 0.5) is 0 Å². The predicted molar refractivity (Wildman–Crippen MR) is 79.7 cm³/mol. The van der Waals surface area contributed by atoms with Gasteiger partial charge in [-0.1, -0.05) is 6.42 Å². The molecule has 0 aromatic heterocycles. The van der Waals surface area contributed by atoms with Gasteiger partial charge in [-0.05, 0) is 58.3 Å². The molecule has 0 saturated heterocycles. The fourth-order valence-electron chi connectivity index (χ4n) is 1.71. The van der Waals surface area contributed by atoms with Crippen LogP contribution < -0.4 is 27.8 Å². The van der Waals surface area contributed by atoms with Crippen LogP contribution >= 0.6 is 0 Å². The Kier molecular flexibility index (Phi) is 13.2. The highest BCUT2D eigenvalue weighted by Gasteiger charge is 2.11. The minimum Gasteiger partial charge on any atom is -0.355 e. The maximum absolute atomic E-state index is 11.6. The second-order valence-corrected chi connectivity index (χ2v) is 4.78. The van der Waals surface area contributed by atoms with Crippen LogP contribution in [0.5, 0.6) is 0 Å². The molecule has 1 atom stereocenters. The molecule has 114 valence electrons. The van der Waals surface area contributed by atoms with Gasteiger partial charge in [0.05, 0.1) is 6.04 Å². The normalized spacial score (nSPS) is 12.4. The molecule has 0 rings (SSSR count). The van der Waals surface area contributed by atoms with E-state index in [2.05, 4.69) is 10.6 Å². The standard InChI is InChI=1S/C13H31N5O/c14-7-2-1-6-12(16)13(19)18-11-4-3-9-17-10-5-8-15/h12,17H,1-11,14-16H2,(H,18,19)/t12-/m0/s1. The van der Waals surface area contributed by atoms with E-state index in [0.29, 0.717) is 19.5 Å². The quantitative estimate of drug-likeness (QED) is 0.284. The summed E-state index contributed by atoms with van der Waals surface area (Å²) in [6.07, 6.45) is 5.58. The Morgan fingerprint density at radius 2 is 1.53 bits per heavy atom. The minimum absolute atomic E-state index is 0.0480. The fraction of sp³-hybridized carbons (Fsp3) is 0.923. The van der Waals surface area contributed by atoms with E-state index in [4.69, 9.17) is 17.2 Å². The van der Waals surface area contributed by atoms with E-state index in [1.807, 2.05) is 0 Å². The zero-order chi connectivity index (χ0) is 14.3. The molecule has 0 spiro atoms. The number of rotatable bonds is 13. The topological polar surface area (TPSA) is 119 Å². The summed E-state index contributed by atoms with van der Waals surface area (Å²) in [6, 6.07) is -0.394. The molecule has 0 fully saturated rings. The molecule has 0 aliphatic heterocycles. The Morgan fingerprint density at radius 1 is 0.895 bits per heavy atom. The van der Waals surface area contributed by atoms with Crippen molar-refractivity contribution < 1.29 is 4.79 Å². The van der Waals surface area contributed by atoms with Crippen LogP contribution in [-0.4, -0.2) is 44.7 Å². The van der Waals surface area contributed by atoms with E-state index in [1.54, 1.807) is 0 Å². The summed E-state index contributed by atoms with van der Waals surface area (Å²) < 4.78 is 0. The second kappa shape index (κ2) is 13.7. The molecule has 0 aliphatic rings. The summed E-state index contributed by atoms with van der Waals surface area (Å²) in [7, 11) is 0. The van der Waals surface area contributed by atoms with Crippen molar-refractivity contribution in [3.8, 4) is 0 Å². The SMILES string of the molecule is NCCCC[C@H](N)C(=O)NCCCCNCCCN. The third-order valence-corrected chi connectivity index (χ3v) is 2.94. The summed E-state index contributed by atoms with van der Waals surface area (Å²) in [6.45, 7) is 4.02. The van der Waals surface area contributed by atoms with Crippen molar-refractivity contribution in [1.29, 1.82) is 0 Å². The highest BCUT2D eigenvalue weighted by molar-refractivity contribution is 5.81. The van der Waals surface area contributed by atoms with Crippen molar-refractivity contribution in [3.05, 3.63) is 0 Å². The molecule has 0 heterocycles. The van der Waals surface area contributed by atoms with Gasteiger partial charge in [0.2, 0.25) is 5.91 Å². The largest absolute Gasteiger partial charge is 0.355 e. The first-order valence-corrected chi connectivity index (χ1v) is 7.36. The van der Waals surface area contributed by atoms with Crippen LogP contribution in [0.2, 0.25) is 0 Å². The highest BCUT2D eigenvalue weighted by atomic mass is 16.2. The third-order valence-electron chi connectivity index (χ3n) is 2.94. The van der Waals surface area contributed by atoms with Gasteiger partial charge < -0.3 is 27.8 Å². The van der Waals surface area contributed by atoms with Crippen molar-refractivity contribution in [1.82, 2.24) is 10.6 Å². The number of nitrogens with one attached hydrogen (secondary N) is 2. The van der Waals surface area contributed by atoms with Crippen molar-refractivity contribution in [2.75, 3.05) is 32.7 Å². The van der Waals surface area contributed by atoms with E-state index >= 15 is 0 Å². The van der Waals surface area contributed by atoms with Gasteiger partial charge in [-0.3, -0.25) is 4.79 Å². The predicted octanol–water partition coefficient (Wildman–Crippen LogP) is -0.722. The summed E-state index contributed by atoms with van der Waals surface area (Å²) in [5.41, 5.74) is 16.6. The maximum Gasteiger partial charge on any atom is 0.236 e. The van der Waals surface area contributed by atoms with Crippen molar-refractivity contribution in [2.24, 2.45) is 17.2 Å². The van der Waals surface area contributed by atoms with Gasteiger partial charge in [0.15, 0.2) is 0 Å². The average molecular weight is 273 g/mol. The van der Waals surface area contributed by atoms with E-state index < -0.39 is 6.04 Å². The van der Waals surface area contributed by atoms with Gasteiger partial charge in [-0.25, -0.2) is 0 Å². The maximum atomic E-state index is 11.6. The first-order valence-electron chi connectivity index (χ1n) is 7.36. The number of hydrogen-bond acceptors (Lipinski definition) is 5. The number of amides is 1. The van der Waals surface area contributed by atoms with Crippen molar-refractivity contribution >= 4 is 5.91 Å². The number of carbonyl (C=O) groups excluding carboxylic acids is 1. The van der Waals surface area contributed by atoms with E-state index in [9.17, 15) is 4.79 Å². The molecule has 0 radical (unpaired) electrons. The van der Waals surface area contributed by atoms with Gasteiger partial charge >= 0.3 is 0 Å². The second-order valence-electron chi connectivity index (χ2n) is 4.78. The zero-order valence-electron chi connectivity index (χ0n) is 12.0. The van der Waals surface area contributed by atoms with Crippen LogP contribution in [0.15, 0.2) is 0 Å². The highest BCUT2D eigenvalue weighted by Crippen LogP contribution is 1.98. The molecular formula is C13H31N5O. The third kappa shape index (κ3) is 12.1. The lowest BCUT2D eigenvalue weighted by Gasteiger charge is -2.12. The van der Waals surface area contributed by atoms with Crippen molar-refractivity contribution in [3.63, 3.8) is 0 Å². The minimum atomic E-state index is -0.394. The summed E-state index contributed by atoms with van der Waals surface area (Å²) in [5, 5.41) is 6.17. The smallest absolute Gasteiger partial charge is 0.236 e. The number of unbranched alkanes of at least 4 members (excludes halogenated alkanes) is 2. The van der Waals surface area contributed by atoms with Crippen LogP contribution in [-0.2, 0) is 4.79 Å². The molecular weight excluding hydrogens is 242 g/mol. The van der Waals surface area contributed by atoms with Crippen LogP contribution in [0, 0.1) is 0 Å². The lowest BCUT2D eigenvalue weighted by molar-refractivity contribution is -0.122. The Bertz CT molecular complexity index is 213.